The minimum absolute atomic E-state index is 0.0536. The zero-order chi connectivity index (χ0) is 23.8. The number of hydrogen-bond donors (Lipinski definition) is 4. The molecule has 0 aliphatic carbocycles. The van der Waals surface area contributed by atoms with Crippen molar-refractivity contribution in [3.63, 3.8) is 0 Å². The Morgan fingerprint density at radius 2 is 1.88 bits per heavy atom. The molecule has 1 aromatic carbocycles. The predicted molar refractivity (Wildman–Crippen MR) is 126 cm³/mol. The van der Waals surface area contributed by atoms with Crippen LogP contribution in [0.25, 0.3) is 17.2 Å². The summed E-state index contributed by atoms with van der Waals surface area (Å²) in [6, 6.07) is 7.09. The molecule has 2 aromatic rings. The normalized spacial score (nSPS) is 12.7. The predicted octanol–water partition coefficient (Wildman–Crippen LogP) is 3.74. The summed E-state index contributed by atoms with van der Waals surface area (Å²) >= 11 is 0. The SMILES string of the molecule is CCC(CC)NC(=O)c1cnc(-c2cccc(/C(N)=C/C(=N)C(=O)NC(C)C(C)C)c2)o1. The van der Waals surface area contributed by atoms with Gasteiger partial charge in [0.05, 0.1) is 6.20 Å². The molecule has 1 heterocycles. The van der Waals surface area contributed by atoms with E-state index in [1.807, 2.05) is 34.6 Å². The number of hydrogen-bond acceptors (Lipinski definition) is 6. The second kappa shape index (κ2) is 11.3. The molecule has 2 rings (SSSR count). The maximum Gasteiger partial charge on any atom is 0.288 e. The number of aromatic nitrogens is 1. The summed E-state index contributed by atoms with van der Waals surface area (Å²) in [6.45, 7) is 9.90. The summed E-state index contributed by atoms with van der Waals surface area (Å²) < 4.78 is 5.65. The Morgan fingerprint density at radius 1 is 1.19 bits per heavy atom. The molecule has 8 heteroatoms. The van der Waals surface area contributed by atoms with Gasteiger partial charge in [-0.15, -0.1) is 0 Å². The Hall–Kier alpha value is -3.42. The number of nitrogens with two attached hydrogens (primary N) is 1. The number of rotatable bonds is 10. The lowest BCUT2D eigenvalue weighted by Gasteiger charge is -2.17. The first-order chi connectivity index (χ1) is 15.2. The van der Waals surface area contributed by atoms with Gasteiger partial charge >= 0.3 is 0 Å². The first-order valence-corrected chi connectivity index (χ1v) is 10.9. The molecule has 1 unspecified atom stereocenters. The molecule has 1 atom stereocenters. The van der Waals surface area contributed by atoms with Crippen LogP contribution in [0.4, 0.5) is 0 Å². The van der Waals surface area contributed by atoms with Crippen molar-refractivity contribution in [1.29, 1.82) is 5.41 Å². The molecule has 0 spiro atoms. The highest BCUT2D eigenvalue weighted by atomic mass is 16.4. The molecular formula is C24H33N5O3. The van der Waals surface area contributed by atoms with Crippen LogP contribution < -0.4 is 16.4 Å². The zero-order valence-corrected chi connectivity index (χ0v) is 19.4. The monoisotopic (exact) mass is 439 g/mol. The number of benzene rings is 1. The van der Waals surface area contributed by atoms with E-state index in [4.69, 9.17) is 15.6 Å². The van der Waals surface area contributed by atoms with E-state index in [0.29, 0.717) is 11.1 Å². The molecule has 1 aromatic heterocycles. The minimum Gasteiger partial charge on any atom is -0.431 e. The number of oxazole rings is 1. The van der Waals surface area contributed by atoms with Crippen LogP contribution in [0.5, 0.6) is 0 Å². The van der Waals surface area contributed by atoms with Crippen LogP contribution in [0.1, 0.15) is 63.6 Å². The number of nitrogens with zero attached hydrogens (tertiary/aromatic N) is 1. The highest BCUT2D eigenvalue weighted by Crippen LogP contribution is 2.22. The van der Waals surface area contributed by atoms with Gasteiger partial charge in [-0.25, -0.2) is 4.98 Å². The van der Waals surface area contributed by atoms with Crippen LogP contribution in [0.3, 0.4) is 0 Å². The van der Waals surface area contributed by atoms with E-state index in [0.717, 1.165) is 12.8 Å². The van der Waals surface area contributed by atoms with Crippen molar-refractivity contribution < 1.29 is 14.0 Å². The third-order valence-electron chi connectivity index (χ3n) is 5.40. The maximum atomic E-state index is 12.4. The van der Waals surface area contributed by atoms with Gasteiger partial charge < -0.3 is 20.8 Å². The van der Waals surface area contributed by atoms with Gasteiger partial charge in [0, 0.05) is 23.3 Å². The molecule has 0 aliphatic heterocycles. The molecule has 172 valence electrons. The number of nitrogens with one attached hydrogen (secondary N) is 3. The van der Waals surface area contributed by atoms with Crippen LogP contribution in [-0.4, -0.2) is 34.6 Å². The van der Waals surface area contributed by atoms with Crippen molar-refractivity contribution in [3.8, 4) is 11.5 Å². The van der Waals surface area contributed by atoms with Gasteiger partial charge in [-0.05, 0) is 49.5 Å². The Labute approximate surface area is 189 Å². The van der Waals surface area contributed by atoms with E-state index in [1.165, 1.54) is 12.3 Å². The Morgan fingerprint density at radius 3 is 2.50 bits per heavy atom. The third kappa shape index (κ3) is 6.54. The summed E-state index contributed by atoms with van der Waals surface area (Å²) in [5.41, 5.74) is 7.42. The average Bonchev–Trinajstić information content (AvgIpc) is 3.27. The van der Waals surface area contributed by atoms with Crippen LogP contribution in [-0.2, 0) is 4.79 Å². The zero-order valence-electron chi connectivity index (χ0n) is 19.4. The molecule has 0 saturated carbocycles. The van der Waals surface area contributed by atoms with Gasteiger partial charge in [-0.2, -0.15) is 0 Å². The fraction of sp³-hybridized carbons (Fsp3) is 0.417. The number of carbonyl (C=O) groups excluding carboxylic acids is 2. The number of amides is 2. The smallest absolute Gasteiger partial charge is 0.288 e. The minimum atomic E-state index is -0.480. The highest BCUT2D eigenvalue weighted by Gasteiger charge is 2.17. The lowest BCUT2D eigenvalue weighted by molar-refractivity contribution is -0.115. The van der Waals surface area contributed by atoms with Gasteiger partial charge in [0.2, 0.25) is 11.7 Å². The van der Waals surface area contributed by atoms with Crippen molar-refractivity contribution in [2.75, 3.05) is 0 Å². The molecule has 5 N–H and O–H groups in total. The first-order valence-electron chi connectivity index (χ1n) is 10.9. The third-order valence-corrected chi connectivity index (χ3v) is 5.40. The van der Waals surface area contributed by atoms with E-state index < -0.39 is 5.91 Å². The molecule has 8 nitrogen and oxygen atoms in total. The van der Waals surface area contributed by atoms with Gasteiger partial charge in [-0.1, -0.05) is 39.8 Å². The second-order valence-corrected chi connectivity index (χ2v) is 8.12. The van der Waals surface area contributed by atoms with Crippen LogP contribution >= 0.6 is 0 Å². The van der Waals surface area contributed by atoms with Crippen molar-refractivity contribution in [1.82, 2.24) is 15.6 Å². The van der Waals surface area contributed by atoms with Crippen LogP contribution in [0.2, 0.25) is 0 Å². The first kappa shape index (κ1) is 24.8. The summed E-state index contributed by atoms with van der Waals surface area (Å²) in [6.07, 6.45) is 4.39. The summed E-state index contributed by atoms with van der Waals surface area (Å²) in [5, 5.41) is 13.7. The molecule has 0 saturated heterocycles. The largest absolute Gasteiger partial charge is 0.431 e. The molecular weight excluding hydrogens is 406 g/mol. The molecule has 0 bridgehead atoms. The molecule has 0 aliphatic rings. The van der Waals surface area contributed by atoms with Crippen molar-refractivity contribution in [2.24, 2.45) is 11.7 Å². The Kier molecular flexibility index (Phi) is 8.75. The van der Waals surface area contributed by atoms with Gasteiger partial charge in [0.25, 0.3) is 11.8 Å². The molecule has 0 fully saturated rings. The topological polar surface area (TPSA) is 134 Å². The maximum absolute atomic E-state index is 12.4. The van der Waals surface area contributed by atoms with E-state index >= 15 is 0 Å². The fourth-order valence-electron chi connectivity index (χ4n) is 2.85. The second-order valence-electron chi connectivity index (χ2n) is 8.12. The summed E-state index contributed by atoms with van der Waals surface area (Å²) in [5.74, 6) is -0.104. The van der Waals surface area contributed by atoms with Crippen molar-refractivity contribution in [2.45, 2.75) is 59.5 Å². The average molecular weight is 440 g/mol. The van der Waals surface area contributed by atoms with Gasteiger partial charge in [0.1, 0.15) is 5.71 Å². The fourth-order valence-corrected chi connectivity index (χ4v) is 2.85. The van der Waals surface area contributed by atoms with E-state index in [1.54, 1.807) is 24.3 Å². The van der Waals surface area contributed by atoms with Crippen molar-refractivity contribution in [3.05, 3.63) is 47.9 Å². The molecule has 32 heavy (non-hydrogen) atoms. The van der Waals surface area contributed by atoms with Gasteiger partial charge in [0.15, 0.2) is 0 Å². The van der Waals surface area contributed by atoms with Gasteiger partial charge in [-0.3, -0.25) is 15.0 Å². The van der Waals surface area contributed by atoms with E-state index in [9.17, 15) is 9.59 Å². The molecule has 2 amide bonds. The Balaban J connectivity index is 2.16. The highest BCUT2D eigenvalue weighted by molar-refractivity contribution is 6.43. The van der Waals surface area contributed by atoms with E-state index in [-0.39, 0.29) is 47.0 Å². The summed E-state index contributed by atoms with van der Waals surface area (Å²) in [7, 11) is 0. The Bertz CT molecular complexity index is 989. The van der Waals surface area contributed by atoms with Crippen LogP contribution in [0, 0.1) is 11.3 Å². The lowest BCUT2D eigenvalue weighted by atomic mass is 10.1. The van der Waals surface area contributed by atoms with Crippen molar-refractivity contribution >= 4 is 23.2 Å². The van der Waals surface area contributed by atoms with E-state index in [2.05, 4.69) is 15.6 Å². The molecule has 0 radical (unpaired) electrons. The van der Waals surface area contributed by atoms with Crippen LogP contribution in [0.15, 0.2) is 41.0 Å². The lowest BCUT2D eigenvalue weighted by Crippen LogP contribution is -2.39. The number of carbonyl (C=O) groups is 2. The summed E-state index contributed by atoms with van der Waals surface area (Å²) in [4.78, 5) is 28.8. The standard InChI is InChI=1S/C24H33N5O3/c1-6-18(7-2)29-23(31)21-13-27-24(32-21)17-10-8-9-16(11-17)19(25)12-20(26)22(30)28-15(5)14(3)4/h8-15,18,26H,6-7,25H2,1-5H3,(H,28,30)(H,29,31)/b19-12-,26-20?. The quantitative estimate of drug-likeness (QED) is 0.418.